The van der Waals surface area contributed by atoms with Crippen LogP contribution in [0.25, 0.3) is 0 Å². The molecule has 0 aliphatic rings. The number of carbonyl (C=O) groups excluding carboxylic acids is 2. The summed E-state index contributed by atoms with van der Waals surface area (Å²) in [6.45, 7) is 2.28. The first-order valence-electron chi connectivity index (χ1n) is 7.99. The topological polar surface area (TPSA) is 67.9 Å². The van der Waals surface area contributed by atoms with Crippen LogP contribution < -0.4 is 15.0 Å². The number of hydrogen-bond acceptors (Lipinski definition) is 4. The largest absolute Gasteiger partial charge is 0.490 e. The molecular weight excluding hydrogens is 400 g/mol. The quantitative estimate of drug-likeness (QED) is 0.693. The lowest BCUT2D eigenvalue weighted by molar-refractivity contribution is -0.116. The van der Waals surface area contributed by atoms with E-state index < -0.39 is 0 Å². The second-order valence-electron chi connectivity index (χ2n) is 5.56. The molecule has 0 fully saturated rings. The van der Waals surface area contributed by atoms with Gasteiger partial charge in [0.25, 0.3) is 5.91 Å². The van der Waals surface area contributed by atoms with Gasteiger partial charge in [-0.3, -0.25) is 9.59 Å². The third-order valence-corrected chi connectivity index (χ3v) is 4.21. The smallest absolute Gasteiger partial charge is 0.259 e. The highest BCUT2D eigenvalue weighted by molar-refractivity contribution is 9.10. The van der Waals surface area contributed by atoms with Crippen molar-refractivity contribution in [2.24, 2.45) is 0 Å². The van der Waals surface area contributed by atoms with Gasteiger partial charge in [-0.15, -0.1) is 0 Å². The molecule has 2 rings (SSSR count). The van der Waals surface area contributed by atoms with Crippen molar-refractivity contribution >= 4 is 39.1 Å². The molecule has 0 aromatic heterocycles. The zero-order chi connectivity index (χ0) is 19.1. The van der Waals surface area contributed by atoms with Gasteiger partial charge in [0, 0.05) is 36.9 Å². The Hall–Kier alpha value is -2.38. The number of nitrogens with one attached hydrogen (secondary N) is 1. The zero-order valence-electron chi connectivity index (χ0n) is 14.9. The highest BCUT2D eigenvalue weighted by Crippen LogP contribution is 2.25. The van der Waals surface area contributed by atoms with Gasteiger partial charge in [0.1, 0.15) is 12.4 Å². The Bertz CT molecular complexity index is 778. The number of halogens is 1. The van der Waals surface area contributed by atoms with Crippen LogP contribution in [0.4, 0.5) is 11.4 Å². The molecule has 2 amide bonds. The van der Waals surface area contributed by atoms with E-state index in [0.717, 1.165) is 10.2 Å². The van der Waals surface area contributed by atoms with Crippen molar-refractivity contribution in [3.63, 3.8) is 0 Å². The lowest BCUT2D eigenvalue weighted by Crippen LogP contribution is -2.22. The Labute approximate surface area is 161 Å². The second kappa shape index (κ2) is 9.35. The fraction of sp³-hybridized carbons (Fsp3) is 0.263. The monoisotopic (exact) mass is 420 g/mol. The molecule has 0 radical (unpaired) electrons. The van der Waals surface area contributed by atoms with Gasteiger partial charge < -0.3 is 19.7 Å². The normalized spacial score (nSPS) is 10.3. The number of rotatable bonds is 7. The zero-order valence-corrected chi connectivity index (χ0v) is 16.5. The Morgan fingerprint density at radius 3 is 2.42 bits per heavy atom. The van der Waals surface area contributed by atoms with E-state index in [1.165, 1.54) is 11.8 Å². The van der Waals surface area contributed by atoms with Crippen LogP contribution in [-0.4, -0.2) is 39.2 Å². The van der Waals surface area contributed by atoms with Crippen molar-refractivity contribution < 1.29 is 19.1 Å². The van der Waals surface area contributed by atoms with Crippen molar-refractivity contribution in [2.45, 2.75) is 6.92 Å². The summed E-state index contributed by atoms with van der Waals surface area (Å²) in [5, 5.41) is 2.84. The third-order valence-electron chi connectivity index (χ3n) is 3.72. The van der Waals surface area contributed by atoms with E-state index in [4.69, 9.17) is 9.47 Å². The predicted molar refractivity (Wildman–Crippen MR) is 105 cm³/mol. The fourth-order valence-electron chi connectivity index (χ4n) is 2.19. The van der Waals surface area contributed by atoms with Crippen molar-refractivity contribution in [3.05, 3.63) is 52.5 Å². The van der Waals surface area contributed by atoms with Gasteiger partial charge in [-0.2, -0.15) is 0 Å². The van der Waals surface area contributed by atoms with E-state index >= 15 is 0 Å². The molecule has 0 unspecified atom stereocenters. The first-order valence-corrected chi connectivity index (χ1v) is 8.78. The number of carbonyl (C=O) groups is 2. The van der Waals surface area contributed by atoms with Crippen LogP contribution >= 0.6 is 15.9 Å². The highest BCUT2D eigenvalue weighted by Gasteiger charge is 2.14. The summed E-state index contributed by atoms with van der Waals surface area (Å²) in [6.07, 6.45) is 0. The molecule has 0 atom stereocenters. The molecule has 0 saturated heterocycles. The lowest BCUT2D eigenvalue weighted by atomic mass is 10.1. The molecule has 0 aliphatic heterocycles. The number of ether oxygens (including phenoxy) is 2. The first-order chi connectivity index (χ1) is 12.4. The molecule has 0 bridgehead atoms. The average molecular weight is 421 g/mol. The van der Waals surface area contributed by atoms with Gasteiger partial charge in [0.05, 0.1) is 12.2 Å². The van der Waals surface area contributed by atoms with E-state index in [0.29, 0.717) is 30.2 Å². The highest BCUT2D eigenvalue weighted by atomic mass is 79.9. The molecule has 0 heterocycles. The van der Waals surface area contributed by atoms with E-state index in [1.807, 2.05) is 6.07 Å². The molecule has 0 aliphatic carbocycles. The summed E-state index contributed by atoms with van der Waals surface area (Å²) in [4.78, 5) is 25.6. The van der Waals surface area contributed by atoms with Crippen LogP contribution in [0.5, 0.6) is 5.75 Å². The third kappa shape index (κ3) is 5.31. The second-order valence-corrected chi connectivity index (χ2v) is 6.48. The van der Waals surface area contributed by atoms with Crippen LogP contribution in [0.1, 0.15) is 17.3 Å². The van der Waals surface area contributed by atoms with Gasteiger partial charge in [-0.25, -0.2) is 0 Å². The van der Waals surface area contributed by atoms with Gasteiger partial charge in [0.2, 0.25) is 5.91 Å². The summed E-state index contributed by atoms with van der Waals surface area (Å²) in [7, 11) is 3.28. The summed E-state index contributed by atoms with van der Waals surface area (Å²) >= 11 is 3.37. The predicted octanol–water partition coefficient (Wildman–Crippen LogP) is 3.71. The average Bonchev–Trinajstić information content (AvgIpc) is 2.63. The number of hydrogen-bond donors (Lipinski definition) is 1. The molecule has 6 nitrogen and oxygen atoms in total. The molecule has 138 valence electrons. The van der Waals surface area contributed by atoms with Crippen molar-refractivity contribution in [1.29, 1.82) is 0 Å². The van der Waals surface area contributed by atoms with E-state index in [-0.39, 0.29) is 11.8 Å². The minimum atomic E-state index is -0.286. The van der Waals surface area contributed by atoms with Gasteiger partial charge in [-0.05, 0) is 42.5 Å². The molecule has 0 spiro atoms. The first kappa shape index (κ1) is 19.9. The maximum atomic E-state index is 12.6. The fourth-order valence-corrected chi connectivity index (χ4v) is 2.55. The summed E-state index contributed by atoms with van der Waals surface area (Å²) in [5.74, 6) is 0.135. The lowest BCUT2D eigenvalue weighted by Gasteiger charge is -2.16. The van der Waals surface area contributed by atoms with Crippen molar-refractivity contribution in [1.82, 2.24) is 0 Å². The molecule has 2 aromatic carbocycles. The van der Waals surface area contributed by atoms with E-state index in [9.17, 15) is 9.59 Å². The molecule has 2 aromatic rings. The van der Waals surface area contributed by atoms with Crippen LogP contribution in [0.15, 0.2) is 46.9 Å². The van der Waals surface area contributed by atoms with Crippen LogP contribution in [0, 0.1) is 0 Å². The van der Waals surface area contributed by atoms with Gasteiger partial charge in [-0.1, -0.05) is 15.9 Å². The molecule has 0 saturated carbocycles. The number of anilines is 2. The molecule has 7 heteroatoms. The number of amides is 2. The van der Waals surface area contributed by atoms with Gasteiger partial charge in [0.15, 0.2) is 0 Å². The van der Waals surface area contributed by atoms with Crippen molar-refractivity contribution in [2.75, 3.05) is 37.6 Å². The van der Waals surface area contributed by atoms with Crippen molar-refractivity contribution in [3.8, 4) is 5.75 Å². The summed E-state index contributed by atoms with van der Waals surface area (Å²) < 4.78 is 11.4. The summed E-state index contributed by atoms with van der Waals surface area (Å²) in [5.41, 5.74) is 1.79. The Kier molecular flexibility index (Phi) is 7.17. The maximum Gasteiger partial charge on any atom is 0.259 e. The SMILES string of the molecule is COCCOc1ccc(Br)cc1C(=O)Nc1ccc(N(C)C(C)=O)cc1. The number of nitrogens with zero attached hydrogens (tertiary/aromatic N) is 1. The Morgan fingerprint density at radius 2 is 1.81 bits per heavy atom. The van der Waals surface area contributed by atoms with Crippen LogP contribution in [0.3, 0.4) is 0 Å². The molecule has 1 N–H and O–H groups in total. The standard InChI is InChI=1S/C19H21BrN2O4/c1-13(23)22(2)16-7-5-15(6-8-16)21-19(24)17-12-14(20)4-9-18(17)26-11-10-25-3/h4-9,12H,10-11H2,1-3H3,(H,21,24). The Morgan fingerprint density at radius 1 is 1.12 bits per heavy atom. The molecular formula is C19H21BrN2O4. The van der Waals surface area contributed by atoms with E-state index in [2.05, 4.69) is 21.2 Å². The van der Waals surface area contributed by atoms with Crippen LogP contribution in [-0.2, 0) is 9.53 Å². The summed E-state index contributed by atoms with van der Waals surface area (Å²) in [6, 6.07) is 12.3. The van der Waals surface area contributed by atoms with Crippen LogP contribution in [0.2, 0.25) is 0 Å². The Balaban J connectivity index is 2.14. The van der Waals surface area contributed by atoms with E-state index in [1.54, 1.807) is 50.6 Å². The minimum absolute atomic E-state index is 0.0613. The number of methoxy groups -OCH3 is 1. The molecule has 26 heavy (non-hydrogen) atoms. The minimum Gasteiger partial charge on any atom is -0.490 e. The maximum absolute atomic E-state index is 12.6. The number of benzene rings is 2. The van der Waals surface area contributed by atoms with Gasteiger partial charge >= 0.3 is 0 Å².